The molecule has 2 amide bonds. The number of carbonyl (C=O) groups is 2. The average molecular weight is 404 g/mol. The van der Waals surface area contributed by atoms with E-state index in [0.717, 1.165) is 42.6 Å². The molecule has 1 aromatic carbocycles. The molecule has 4 bridgehead atoms. The first kappa shape index (κ1) is 19.4. The lowest BCUT2D eigenvalue weighted by molar-refractivity contribution is -0.160. The van der Waals surface area contributed by atoms with Crippen molar-refractivity contribution in [1.29, 1.82) is 5.26 Å². The van der Waals surface area contributed by atoms with Crippen LogP contribution in [-0.4, -0.2) is 47.8 Å². The molecule has 1 aromatic rings. The minimum atomic E-state index is -0.0954. The molecule has 156 valence electrons. The molecular weight excluding hydrogens is 374 g/mol. The van der Waals surface area contributed by atoms with Crippen LogP contribution in [0, 0.1) is 34.5 Å². The normalized spacial score (nSPS) is 32.4. The van der Waals surface area contributed by atoms with Crippen molar-refractivity contribution in [2.45, 2.75) is 38.5 Å². The zero-order valence-electron chi connectivity index (χ0n) is 17.4. The Balaban J connectivity index is 1.19. The molecule has 0 radical (unpaired) electrons. The molecule has 4 aliphatic carbocycles. The van der Waals surface area contributed by atoms with Gasteiger partial charge in [0.2, 0.25) is 11.8 Å². The Morgan fingerprint density at radius 2 is 1.50 bits per heavy atom. The van der Waals surface area contributed by atoms with Crippen LogP contribution in [0.4, 0.5) is 0 Å². The van der Waals surface area contributed by atoms with E-state index in [1.165, 1.54) is 19.3 Å². The molecule has 30 heavy (non-hydrogen) atoms. The highest BCUT2D eigenvalue weighted by Gasteiger charge is 2.55. The van der Waals surface area contributed by atoms with Crippen LogP contribution in [-0.2, 0) is 9.59 Å². The Bertz CT molecular complexity index is 885. The van der Waals surface area contributed by atoms with Gasteiger partial charge in [0.25, 0.3) is 0 Å². The van der Waals surface area contributed by atoms with Crippen LogP contribution in [0.2, 0.25) is 0 Å². The monoisotopic (exact) mass is 403 g/mol. The highest BCUT2D eigenvalue weighted by Crippen LogP contribution is 2.60. The molecule has 5 nitrogen and oxygen atoms in total. The van der Waals surface area contributed by atoms with E-state index in [1.54, 1.807) is 18.2 Å². The number of hydrogen-bond acceptors (Lipinski definition) is 3. The molecule has 5 fully saturated rings. The number of hydrogen-bond donors (Lipinski definition) is 0. The predicted octanol–water partition coefficient (Wildman–Crippen LogP) is 3.46. The number of amides is 2. The van der Waals surface area contributed by atoms with Gasteiger partial charge in [-0.2, -0.15) is 5.26 Å². The molecule has 0 unspecified atom stereocenters. The average Bonchev–Trinajstić information content (AvgIpc) is 2.76. The summed E-state index contributed by atoms with van der Waals surface area (Å²) in [5, 5.41) is 9.19. The van der Waals surface area contributed by atoms with Crippen molar-refractivity contribution in [3.8, 4) is 6.07 Å². The van der Waals surface area contributed by atoms with Crippen LogP contribution in [0.1, 0.15) is 49.7 Å². The summed E-state index contributed by atoms with van der Waals surface area (Å²) in [6.45, 7) is 2.44. The summed E-state index contributed by atoms with van der Waals surface area (Å²) >= 11 is 0. The van der Waals surface area contributed by atoms with Crippen molar-refractivity contribution in [3.63, 3.8) is 0 Å². The smallest absolute Gasteiger partial charge is 0.246 e. The maximum Gasteiger partial charge on any atom is 0.246 e. The number of benzene rings is 1. The van der Waals surface area contributed by atoms with Gasteiger partial charge in [-0.15, -0.1) is 0 Å². The fourth-order valence-electron chi connectivity index (χ4n) is 6.85. The van der Waals surface area contributed by atoms with Gasteiger partial charge in [0.15, 0.2) is 0 Å². The summed E-state index contributed by atoms with van der Waals surface area (Å²) in [7, 11) is 0. The molecule has 5 heteroatoms. The molecule has 0 N–H and O–H groups in total. The number of nitrogens with zero attached hydrogens (tertiary/aromatic N) is 3. The fourth-order valence-corrected chi connectivity index (χ4v) is 6.85. The number of piperazine rings is 1. The van der Waals surface area contributed by atoms with E-state index in [0.29, 0.717) is 37.6 Å². The van der Waals surface area contributed by atoms with E-state index in [1.807, 2.05) is 28.0 Å². The zero-order chi connectivity index (χ0) is 20.7. The highest BCUT2D eigenvalue weighted by molar-refractivity contribution is 5.92. The van der Waals surface area contributed by atoms with Gasteiger partial charge >= 0.3 is 0 Å². The predicted molar refractivity (Wildman–Crippen MR) is 114 cm³/mol. The van der Waals surface area contributed by atoms with Crippen LogP contribution < -0.4 is 0 Å². The lowest BCUT2D eigenvalue weighted by Crippen LogP contribution is -2.58. The standard InChI is InChI=1S/C25H29N3O2/c26-17-22-4-2-1-3-21(22)5-6-23(29)27-7-9-28(10-8-27)24(30)25-14-18-11-19(15-25)13-20(12-18)16-25/h1-6,18-20H,7-16H2/b6-5+. The van der Waals surface area contributed by atoms with Crippen molar-refractivity contribution in [2.24, 2.45) is 23.2 Å². The summed E-state index contributed by atoms with van der Waals surface area (Å²) in [5.41, 5.74) is 1.22. The topological polar surface area (TPSA) is 64.4 Å². The van der Waals surface area contributed by atoms with Gasteiger partial charge in [-0.25, -0.2) is 0 Å². The maximum absolute atomic E-state index is 13.5. The second kappa shape index (κ2) is 7.58. The third kappa shape index (κ3) is 3.43. The summed E-state index contributed by atoms with van der Waals surface area (Å²) in [6.07, 6.45) is 10.6. The molecule has 0 atom stereocenters. The Morgan fingerprint density at radius 3 is 2.10 bits per heavy atom. The zero-order valence-corrected chi connectivity index (χ0v) is 17.4. The first-order valence-corrected chi connectivity index (χ1v) is 11.3. The van der Waals surface area contributed by atoms with Gasteiger partial charge in [-0.1, -0.05) is 18.2 Å². The molecular formula is C25H29N3O2. The minimum absolute atomic E-state index is 0.0513. The van der Waals surface area contributed by atoms with E-state index in [9.17, 15) is 14.9 Å². The van der Waals surface area contributed by atoms with Crippen molar-refractivity contribution in [2.75, 3.05) is 26.2 Å². The Labute approximate surface area is 178 Å². The Hall–Kier alpha value is -2.61. The van der Waals surface area contributed by atoms with Crippen molar-refractivity contribution in [3.05, 3.63) is 41.5 Å². The van der Waals surface area contributed by atoms with Gasteiger partial charge in [-0.3, -0.25) is 9.59 Å². The third-order valence-electron chi connectivity index (χ3n) is 7.86. The molecule has 6 rings (SSSR count). The molecule has 1 heterocycles. The Kier molecular flexibility index (Phi) is 4.89. The summed E-state index contributed by atoms with van der Waals surface area (Å²) in [5.74, 6) is 2.62. The van der Waals surface area contributed by atoms with Gasteiger partial charge < -0.3 is 9.80 Å². The van der Waals surface area contributed by atoms with E-state index in [-0.39, 0.29) is 11.3 Å². The van der Waals surface area contributed by atoms with Crippen molar-refractivity contribution < 1.29 is 9.59 Å². The van der Waals surface area contributed by atoms with Crippen LogP contribution in [0.15, 0.2) is 30.3 Å². The molecule has 1 aliphatic heterocycles. The van der Waals surface area contributed by atoms with E-state index in [4.69, 9.17) is 0 Å². The second-order valence-electron chi connectivity index (χ2n) is 9.85. The van der Waals surface area contributed by atoms with E-state index < -0.39 is 0 Å². The van der Waals surface area contributed by atoms with Gasteiger partial charge in [-0.05, 0) is 74.0 Å². The van der Waals surface area contributed by atoms with Crippen LogP contribution >= 0.6 is 0 Å². The molecule has 0 aromatic heterocycles. The van der Waals surface area contributed by atoms with Gasteiger partial charge in [0, 0.05) is 32.3 Å². The SMILES string of the molecule is N#Cc1ccccc1/C=C/C(=O)N1CCN(C(=O)C23CC4CC(CC(C4)C2)C3)CC1. The van der Waals surface area contributed by atoms with E-state index >= 15 is 0 Å². The number of carbonyl (C=O) groups excluding carboxylic acids is 2. The van der Waals surface area contributed by atoms with Gasteiger partial charge in [0.1, 0.15) is 0 Å². The Morgan fingerprint density at radius 1 is 0.933 bits per heavy atom. The second-order valence-corrected chi connectivity index (χ2v) is 9.85. The summed E-state index contributed by atoms with van der Waals surface area (Å²) < 4.78 is 0. The molecule has 0 spiro atoms. The van der Waals surface area contributed by atoms with Crippen LogP contribution in [0.3, 0.4) is 0 Å². The van der Waals surface area contributed by atoms with Crippen molar-refractivity contribution >= 4 is 17.9 Å². The van der Waals surface area contributed by atoms with E-state index in [2.05, 4.69) is 6.07 Å². The summed E-state index contributed by atoms with van der Waals surface area (Å²) in [4.78, 5) is 30.0. The first-order valence-electron chi connectivity index (χ1n) is 11.3. The highest BCUT2D eigenvalue weighted by atomic mass is 16.2. The quantitative estimate of drug-likeness (QED) is 0.726. The van der Waals surface area contributed by atoms with Crippen LogP contribution in [0.5, 0.6) is 0 Å². The minimum Gasteiger partial charge on any atom is -0.339 e. The number of rotatable bonds is 3. The lowest BCUT2D eigenvalue weighted by Gasteiger charge is -2.57. The lowest BCUT2D eigenvalue weighted by atomic mass is 9.49. The third-order valence-corrected chi connectivity index (χ3v) is 7.86. The molecule has 5 aliphatic rings. The maximum atomic E-state index is 13.5. The fraction of sp³-hybridized carbons (Fsp3) is 0.560. The first-order chi connectivity index (χ1) is 14.6. The largest absolute Gasteiger partial charge is 0.339 e. The molecule has 1 saturated heterocycles. The van der Waals surface area contributed by atoms with Crippen LogP contribution in [0.25, 0.3) is 6.08 Å². The van der Waals surface area contributed by atoms with Crippen molar-refractivity contribution in [1.82, 2.24) is 9.80 Å². The summed E-state index contributed by atoms with van der Waals surface area (Å²) in [6, 6.07) is 9.42. The van der Waals surface area contributed by atoms with Gasteiger partial charge in [0.05, 0.1) is 17.0 Å². The number of nitriles is 1. The molecule has 4 saturated carbocycles.